The van der Waals surface area contributed by atoms with Crippen molar-refractivity contribution in [3.8, 4) is 0 Å². The molecular weight excluding hydrogens is 304 g/mol. The van der Waals surface area contributed by atoms with Crippen molar-refractivity contribution in [2.24, 2.45) is 5.73 Å². The monoisotopic (exact) mass is 314 g/mol. The molecule has 19 heavy (non-hydrogen) atoms. The minimum absolute atomic E-state index is 0.0958. The lowest BCUT2D eigenvalue weighted by molar-refractivity contribution is -0.135. The molecule has 1 amide bonds. The maximum absolute atomic E-state index is 12.3. The summed E-state index contributed by atoms with van der Waals surface area (Å²) in [5, 5.41) is 2.41. The van der Waals surface area contributed by atoms with Gasteiger partial charge in [0, 0.05) is 15.6 Å². The van der Waals surface area contributed by atoms with E-state index in [0.29, 0.717) is 0 Å². The van der Waals surface area contributed by atoms with Crippen LogP contribution in [0.3, 0.4) is 0 Å². The van der Waals surface area contributed by atoms with Crippen LogP contribution in [-0.2, 0) is 10.3 Å². The molecule has 3 N–H and O–H groups in total. The van der Waals surface area contributed by atoms with E-state index in [1.54, 1.807) is 0 Å². The van der Waals surface area contributed by atoms with Crippen molar-refractivity contribution >= 4 is 29.1 Å². The van der Waals surface area contributed by atoms with Crippen molar-refractivity contribution in [1.29, 1.82) is 0 Å². The largest absolute Gasteiger partial charge is 0.401 e. The Labute approximate surface area is 117 Å². The van der Waals surface area contributed by atoms with Gasteiger partial charge in [0.15, 0.2) is 0 Å². The molecule has 1 rings (SSSR count). The van der Waals surface area contributed by atoms with E-state index in [0.717, 1.165) is 0 Å². The van der Waals surface area contributed by atoms with Crippen LogP contribution in [0.15, 0.2) is 18.2 Å². The van der Waals surface area contributed by atoms with Crippen LogP contribution in [0.1, 0.15) is 12.5 Å². The summed E-state index contributed by atoms with van der Waals surface area (Å²) >= 11 is 11.6. The van der Waals surface area contributed by atoms with Crippen LogP contribution in [0, 0.1) is 0 Å². The van der Waals surface area contributed by atoms with Crippen LogP contribution in [0.2, 0.25) is 10.0 Å². The molecule has 1 unspecified atom stereocenters. The van der Waals surface area contributed by atoms with Crippen LogP contribution in [0.5, 0.6) is 0 Å². The van der Waals surface area contributed by atoms with E-state index in [4.69, 9.17) is 28.9 Å². The molecule has 1 atom stereocenters. The Balaban J connectivity index is 3.19. The maximum Gasteiger partial charge on any atom is 0.401 e. The Bertz CT molecular complexity index is 493. The first kappa shape index (κ1) is 16.1. The third-order valence-corrected chi connectivity index (χ3v) is 3.17. The van der Waals surface area contributed by atoms with E-state index in [-0.39, 0.29) is 15.6 Å². The summed E-state index contributed by atoms with van der Waals surface area (Å²) in [4.78, 5) is 11.5. The van der Waals surface area contributed by atoms with Gasteiger partial charge in [-0.15, -0.1) is 0 Å². The summed E-state index contributed by atoms with van der Waals surface area (Å²) in [6.45, 7) is -0.159. The summed E-state index contributed by atoms with van der Waals surface area (Å²) in [7, 11) is 0. The third-order valence-electron chi connectivity index (χ3n) is 2.60. The van der Waals surface area contributed by atoms with Gasteiger partial charge < -0.3 is 5.73 Å². The molecule has 3 nitrogen and oxygen atoms in total. The van der Waals surface area contributed by atoms with Crippen molar-refractivity contribution in [3.05, 3.63) is 33.8 Å². The van der Waals surface area contributed by atoms with E-state index in [1.165, 1.54) is 25.1 Å². The average molecular weight is 315 g/mol. The number of amides is 1. The lowest BCUT2D eigenvalue weighted by atomic mass is 9.91. The molecule has 0 aliphatic carbocycles. The van der Waals surface area contributed by atoms with Crippen LogP contribution >= 0.6 is 23.2 Å². The molecule has 106 valence electrons. The van der Waals surface area contributed by atoms with Crippen LogP contribution in [0.25, 0.3) is 0 Å². The summed E-state index contributed by atoms with van der Waals surface area (Å²) in [6, 6.07) is 4.15. The van der Waals surface area contributed by atoms with Crippen LogP contribution < -0.4 is 11.1 Å². The molecule has 0 bridgehead atoms. The Morgan fingerprint density at radius 1 is 1.37 bits per heavy atom. The molecule has 0 fully saturated rings. The zero-order chi connectivity index (χ0) is 14.8. The fraction of sp³-hybridized carbons (Fsp3) is 0.364. The van der Waals surface area contributed by atoms with E-state index in [2.05, 4.69) is 5.32 Å². The first-order valence-electron chi connectivity index (χ1n) is 5.13. The topological polar surface area (TPSA) is 55.1 Å². The fourth-order valence-corrected chi connectivity index (χ4v) is 1.95. The number of hydrogen-bond donors (Lipinski definition) is 2. The van der Waals surface area contributed by atoms with Gasteiger partial charge in [0.2, 0.25) is 5.91 Å². The van der Waals surface area contributed by atoms with Crippen molar-refractivity contribution < 1.29 is 18.0 Å². The van der Waals surface area contributed by atoms with Gasteiger partial charge in [-0.25, -0.2) is 0 Å². The lowest BCUT2D eigenvalue weighted by Crippen LogP contribution is -2.53. The molecule has 0 saturated carbocycles. The van der Waals surface area contributed by atoms with Gasteiger partial charge in [0.05, 0.1) is 6.54 Å². The fourth-order valence-electron chi connectivity index (χ4n) is 1.47. The number of alkyl halides is 3. The molecule has 8 heteroatoms. The molecule has 0 aromatic heterocycles. The molecular formula is C11H11Cl2F3N2O. The first-order chi connectivity index (χ1) is 8.56. The molecule has 1 aromatic carbocycles. The summed E-state index contributed by atoms with van der Waals surface area (Å²) in [5.41, 5.74) is 3.51. The summed E-state index contributed by atoms with van der Waals surface area (Å²) in [6.07, 6.45) is -4.48. The number of nitrogens with two attached hydrogens (primary N) is 1. The minimum Gasteiger partial charge on any atom is -0.368 e. The van der Waals surface area contributed by atoms with E-state index >= 15 is 0 Å². The highest BCUT2D eigenvalue weighted by atomic mass is 35.5. The number of nitrogens with one attached hydrogen (secondary N) is 1. The third kappa shape index (κ3) is 3.99. The number of hydrogen-bond acceptors (Lipinski definition) is 2. The predicted molar refractivity (Wildman–Crippen MR) is 67.1 cm³/mol. The summed E-state index contributed by atoms with van der Waals surface area (Å²) < 4.78 is 36.8. The average Bonchev–Trinajstić information content (AvgIpc) is 2.28. The van der Waals surface area contributed by atoms with Crippen molar-refractivity contribution in [2.45, 2.75) is 18.6 Å². The maximum atomic E-state index is 12.3. The summed E-state index contributed by atoms with van der Waals surface area (Å²) in [5.74, 6) is -0.985. The number of halogens is 5. The molecule has 1 aromatic rings. The van der Waals surface area contributed by atoms with E-state index in [1.807, 2.05) is 0 Å². The van der Waals surface area contributed by atoms with Gasteiger partial charge in [-0.3, -0.25) is 10.1 Å². The zero-order valence-corrected chi connectivity index (χ0v) is 11.3. The zero-order valence-electron chi connectivity index (χ0n) is 9.81. The standard InChI is InChI=1S/C11H11Cl2F3N2O/c1-10(9(17)19,18-5-11(14,15)16)7-4-6(12)2-3-8(7)13/h2-4,18H,5H2,1H3,(H2,17,19). The van der Waals surface area contributed by atoms with Gasteiger partial charge in [-0.05, 0) is 25.1 Å². The SMILES string of the molecule is CC(NCC(F)(F)F)(C(N)=O)c1cc(Cl)ccc1Cl. The highest BCUT2D eigenvalue weighted by Gasteiger charge is 2.39. The second kappa shape index (κ2) is 5.56. The highest BCUT2D eigenvalue weighted by Crippen LogP contribution is 2.31. The first-order valence-corrected chi connectivity index (χ1v) is 5.89. The molecule has 0 saturated heterocycles. The van der Waals surface area contributed by atoms with Crippen LogP contribution in [0.4, 0.5) is 13.2 Å². The van der Waals surface area contributed by atoms with Gasteiger partial charge >= 0.3 is 6.18 Å². The lowest BCUT2D eigenvalue weighted by Gasteiger charge is -2.29. The van der Waals surface area contributed by atoms with Crippen molar-refractivity contribution in [1.82, 2.24) is 5.32 Å². The van der Waals surface area contributed by atoms with E-state index < -0.39 is 24.2 Å². The smallest absolute Gasteiger partial charge is 0.368 e. The van der Waals surface area contributed by atoms with Crippen molar-refractivity contribution in [2.75, 3.05) is 6.54 Å². The minimum atomic E-state index is -4.48. The number of benzene rings is 1. The number of primary amides is 1. The molecule has 0 aliphatic rings. The number of rotatable bonds is 4. The Morgan fingerprint density at radius 2 is 1.95 bits per heavy atom. The predicted octanol–water partition coefficient (Wildman–Crippen LogP) is 2.85. The molecule has 0 spiro atoms. The highest BCUT2D eigenvalue weighted by molar-refractivity contribution is 6.34. The Kier molecular flexibility index (Phi) is 4.71. The van der Waals surface area contributed by atoms with Gasteiger partial charge in [0.25, 0.3) is 0 Å². The van der Waals surface area contributed by atoms with Crippen LogP contribution in [-0.4, -0.2) is 18.6 Å². The molecule has 0 radical (unpaired) electrons. The molecule has 0 aliphatic heterocycles. The van der Waals surface area contributed by atoms with Gasteiger partial charge in [-0.2, -0.15) is 13.2 Å². The second-order valence-electron chi connectivity index (χ2n) is 4.08. The second-order valence-corrected chi connectivity index (χ2v) is 4.93. The quantitative estimate of drug-likeness (QED) is 0.898. The number of carbonyl (C=O) groups excluding carboxylic acids is 1. The van der Waals surface area contributed by atoms with E-state index in [9.17, 15) is 18.0 Å². The Morgan fingerprint density at radius 3 is 2.42 bits per heavy atom. The van der Waals surface area contributed by atoms with Gasteiger partial charge in [0.1, 0.15) is 5.54 Å². The Hall–Kier alpha value is -0.980. The molecule has 0 heterocycles. The normalized spacial score (nSPS) is 15.1. The number of carbonyl (C=O) groups is 1. The van der Waals surface area contributed by atoms with Crippen molar-refractivity contribution in [3.63, 3.8) is 0 Å². The van der Waals surface area contributed by atoms with Gasteiger partial charge in [-0.1, -0.05) is 23.2 Å².